The summed E-state index contributed by atoms with van der Waals surface area (Å²) in [6.07, 6.45) is 12.4. The van der Waals surface area contributed by atoms with Crippen molar-refractivity contribution in [1.29, 1.82) is 0 Å². The number of carbonyl (C=O) groups is 3. The Labute approximate surface area is 342 Å². The maximum atomic E-state index is 16.1. The van der Waals surface area contributed by atoms with Gasteiger partial charge in [0.25, 0.3) is 0 Å². The smallest absolute Gasteiger partial charge is 0.453 e. The number of carbonyl (C=O) groups excluding carboxylic acids is 3. The number of unbranched alkanes of at least 4 members (excludes halogenated alkanes) is 15. The first-order valence-electron chi connectivity index (χ1n) is 20.7. The maximum Gasteiger partial charge on any atom is 0.480 e. The molecule has 2 unspecified atom stereocenters. The van der Waals surface area contributed by atoms with Crippen molar-refractivity contribution >= 4 is 31.5 Å². The van der Waals surface area contributed by atoms with E-state index in [0.29, 0.717) is 17.4 Å². The fourth-order valence-corrected chi connectivity index (χ4v) is 6.79. The first kappa shape index (κ1) is 51.2. The van der Waals surface area contributed by atoms with E-state index in [1.54, 1.807) is 41.5 Å². The lowest BCUT2D eigenvalue weighted by Gasteiger charge is -2.25. The second kappa shape index (κ2) is 24.9. The van der Waals surface area contributed by atoms with Gasteiger partial charge >= 0.3 is 37.3 Å². The zero-order chi connectivity index (χ0) is 43.4. The number of nitrogens with two attached hydrogens (primary N) is 1. The van der Waals surface area contributed by atoms with Gasteiger partial charge in [-0.1, -0.05) is 103 Å². The second-order valence-corrected chi connectivity index (χ2v) is 18.5. The molecule has 1 aliphatic rings. The largest absolute Gasteiger partial charge is 0.480 e. The normalized spacial score (nSPS) is 18.3. The summed E-state index contributed by atoms with van der Waals surface area (Å²) in [4.78, 5) is 53.5. The number of nitrogens with zero attached hydrogens (tertiary/aromatic N) is 2. The maximum absolute atomic E-state index is 16.1. The molecule has 0 radical (unpaired) electrons. The molecule has 1 aliphatic heterocycles. The highest BCUT2D eigenvalue weighted by Crippen LogP contribution is 2.52. The van der Waals surface area contributed by atoms with Crippen LogP contribution in [-0.2, 0) is 51.5 Å². The Kier molecular flexibility index (Phi) is 22.0. The summed E-state index contributed by atoms with van der Waals surface area (Å²) in [6, 6.07) is 1.11. The number of esters is 3. The minimum absolute atomic E-state index is 0.157. The van der Waals surface area contributed by atoms with Crippen molar-refractivity contribution in [3.05, 3.63) is 22.7 Å². The van der Waals surface area contributed by atoms with Crippen LogP contribution in [0.1, 0.15) is 164 Å². The molecule has 15 nitrogen and oxygen atoms in total. The lowest BCUT2D eigenvalue weighted by atomic mass is 9.98. The molecule has 0 aromatic carbocycles. The topological polar surface area (TPSA) is 194 Å². The summed E-state index contributed by atoms with van der Waals surface area (Å²) in [7, 11) is -4.86. The van der Waals surface area contributed by atoms with Crippen molar-refractivity contribution in [3.63, 3.8) is 0 Å². The van der Waals surface area contributed by atoms with Crippen molar-refractivity contribution in [2.45, 2.75) is 182 Å². The molecule has 2 heterocycles. The number of phosphoric ester groups is 1. The number of hydrogen-bond acceptors (Lipinski definition) is 14. The van der Waals surface area contributed by atoms with E-state index in [-0.39, 0.29) is 12.2 Å². The van der Waals surface area contributed by atoms with Gasteiger partial charge in [0.2, 0.25) is 19.8 Å². The van der Waals surface area contributed by atoms with Crippen LogP contribution in [0.4, 0.5) is 14.6 Å². The van der Waals surface area contributed by atoms with E-state index in [9.17, 15) is 23.7 Å². The van der Waals surface area contributed by atoms with Crippen LogP contribution in [0.2, 0.25) is 0 Å². The molecule has 334 valence electrons. The zero-order valence-electron chi connectivity index (χ0n) is 35.6. The summed E-state index contributed by atoms with van der Waals surface area (Å²) in [5, 5.41) is 0. The summed E-state index contributed by atoms with van der Waals surface area (Å²) < 4.78 is 82.7. The van der Waals surface area contributed by atoms with Crippen LogP contribution in [0, 0.1) is 10.8 Å². The van der Waals surface area contributed by atoms with Crippen molar-refractivity contribution in [1.82, 2.24) is 9.55 Å². The number of anilines is 1. The van der Waals surface area contributed by atoms with Crippen LogP contribution < -0.4 is 11.4 Å². The second-order valence-electron chi connectivity index (χ2n) is 16.8. The third-order valence-corrected chi connectivity index (χ3v) is 10.7. The van der Waals surface area contributed by atoms with E-state index in [4.69, 9.17) is 38.3 Å². The van der Waals surface area contributed by atoms with Crippen molar-refractivity contribution in [2.75, 3.05) is 25.9 Å². The monoisotopic (exact) mass is 851 g/mol. The number of alkyl halides is 2. The molecule has 0 saturated carbocycles. The number of phosphoric acid groups is 1. The Bertz CT molecular complexity index is 1480. The highest BCUT2D eigenvalue weighted by Gasteiger charge is 2.63. The molecule has 0 bridgehead atoms. The molecule has 1 fully saturated rings. The van der Waals surface area contributed by atoms with Crippen LogP contribution in [0.25, 0.3) is 0 Å². The fraction of sp³-hybridized carbons (Fsp3) is 0.825. The molecule has 1 aromatic rings. The predicted octanol–water partition coefficient (Wildman–Crippen LogP) is 9.17. The third-order valence-electron chi connectivity index (χ3n) is 9.37. The third kappa shape index (κ3) is 18.5. The quantitative estimate of drug-likeness (QED) is 0.0276. The van der Waals surface area contributed by atoms with E-state index in [2.05, 4.69) is 11.9 Å². The van der Waals surface area contributed by atoms with Crippen molar-refractivity contribution in [3.8, 4) is 0 Å². The molecule has 1 aromatic heterocycles. The van der Waals surface area contributed by atoms with Gasteiger partial charge in [-0.3, -0.25) is 23.5 Å². The molecule has 0 spiro atoms. The standard InChI is InChI=1S/C40H68F2N3O12P/c1-8-9-10-11-12-13-14-15-16-17-18-19-20-21-22-23-24-32(46)57-33-30(56-34(40(33,41)42)45-26-25-31(43)44-37(45)49)27-53-58(50,54-28-51-35(47)38(2,3)4)55-29-52-36(48)39(5,6)7/h25-26,30,33-34H,8-24,27-29H2,1-7H3,(H2,43,44,49)/t30?,33-,34?/m1/s1. The summed E-state index contributed by atoms with van der Waals surface area (Å²) >= 11 is 0. The molecule has 3 atom stereocenters. The Hall–Kier alpha value is -2.98. The van der Waals surface area contributed by atoms with E-state index in [1.807, 2.05) is 0 Å². The van der Waals surface area contributed by atoms with Crippen molar-refractivity contribution in [2.24, 2.45) is 10.8 Å². The predicted molar refractivity (Wildman–Crippen MR) is 212 cm³/mol. The minimum Gasteiger partial charge on any atom is -0.453 e. The lowest BCUT2D eigenvalue weighted by Crippen LogP contribution is -2.44. The van der Waals surface area contributed by atoms with E-state index in [0.717, 1.165) is 37.9 Å². The van der Waals surface area contributed by atoms with E-state index < -0.39 is 86.8 Å². The molecule has 2 rings (SSSR count). The first-order chi connectivity index (χ1) is 27.2. The zero-order valence-corrected chi connectivity index (χ0v) is 36.5. The number of rotatable bonds is 28. The van der Waals surface area contributed by atoms with Crippen molar-refractivity contribution < 1.29 is 60.2 Å². The SMILES string of the molecule is CCCCCCCCCCCCCCCCCCC(=O)O[C@@H]1C(COP(=O)(OCOC(=O)C(C)(C)C)OCOC(=O)C(C)(C)C)OC(n2ccc(N)nc2=O)C1(F)F. The highest BCUT2D eigenvalue weighted by molar-refractivity contribution is 7.48. The average molecular weight is 852 g/mol. The van der Waals surface area contributed by atoms with Gasteiger partial charge in [-0.15, -0.1) is 0 Å². The number of aromatic nitrogens is 2. The molecular formula is C40H68F2N3O12P. The van der Waals surface area contributed by atoms with Gasteiger partial charge < -0.3 is 24.7 Å². The Morgan fingerprint density at radius 2 is 1.24 bits per heavy atom. The minimum atomic E-state index is -4.86. The van der Waals surface area contributed by atoms with Gasteiger partial charge in [0, 0.05) is 12.6 Å². The molecule has 0 aliphatic carbocycles. The van der Waals surface area contributed by atoms with Crippen LogP contribution in [0.3, 0.4) is 0 Å². The van der Waals surface area contributed by atoms with Crippen LogP contribution in [0.5, 0.6) is 0 Å². The highest BCUT2D eigenvalue weighted by atomic mass is 31.2. The van der Waals surface area contributed by atoms with Crippen LogP contribution >= 0.6 is 7.82 Å². The average Bonchev–Trinajstić information content (AvgIpc) is 3.37. The molecular weight excluding hydrogens is 783 g/mol. The van der Waals surface area contributed by atoms with Crippen LogP contribution in [0.15, 0.2) is 17.1 Å². The summed E-state index contributed by atoms with van der Waals surface area (Å²) in [5.41, 5.74) is 2.45. The number of hydrogen-bond donors (Lipinski definition) is 1. The lowest BCUT2D eigenvalue weighted by molar-refractivity contribution is -0.176. The van der Waals surface area contributed by atoms with Gasteiger partial charge in [0.1, 0.15) is 11.9 Å². The van der Waals surface area contributed by atoms with Crippen LogP contribution in [-0.4, -0.2) is 65.8 Å². The van der Waals surface area contributed by atoms with E-state index in [1.165, 1.54) is 64.2 Å². The number of nitrogen functional groups attached to an aromatic ring is 1. The van der Waals surface area contributed by atoms with Gasteiger partial charge in [-0.2, -0.15) is 13.8 Å². The summed E-state index contributed by atoms with van der Waals surface area (Å²) in [5.74, 6) is -6.67. The van der Waals surface area contributed by atoms with Gasteiger partial charge in [0.05, 0.1) is 17.4 Å². The number of ether oxygens (including phenoxy) is 4. The van der Waals surface area contributed by atoms with E-state index >= 15 is 8.78 Å². The molecule has 58 heavy (non-hydrogen) atoms. The Morgan fingerprint density at radius 1 is 0.793 bits per heavy atom. The fourth-order valence-electron chi connectivity index (χ4n) is 5.87. The first-order valence-corrected chi connectivity index (χ1v) is 22.1. The molecule has 1 saturated heterocycles. The molecule has 18 heteroatoms. The Balaban J connectivity index is 2.02. The van der Waals surface area contributed by atoms with Gasteiger partial charge in [-0.05, 0) is 54.0 Å². The van der Waals surface area contributed by atoms with Gasteiger partial charge in [0.15, 0.2) is 6.10 Å². The summed E-state index contributed by atoms with van der Waals surface area (Å²) in [6.45, 7) is 8.69. The Morgan fingerprint density at radius 3 is 1.67 bits per heavy atom. The molecule has 0 amide bonds. The number of halogens is 2. The molecule has 2 N–H and O–H groups in total. The van der Waals surface area contributed by atoms with Gasteiger partial charge in [-0.25, -0.2) is 18.4 Å².